The second-order valence-electron chi connectivity index (χ2n) is 4.51. The molecule has 6 nitrogen and oxygen atoms in total. The van der Waals surface area contributed by atoms with E-state index in [2.05, 4.69) is 22.4 Å². The fourth-order valence-electron chi connectivity index (χ4n) is 1.60. The molecule has 1 heterocycles. The van der Waals surface area contributed by atoms with E-state index in [1.165, 1.54) is 0 Å². The monoisotopic (exact) mass is 238 g/mol. The summed E-state index contributed by atoms with van der Waals surface area (Å²) in [4.78, 5) is 15.6. The minimum Gasteiger partial charge on any atom is -0.346 e. The molecule has 1 amide bonds. The van der Waals surface area contributed by atoms with Crippen molar-refractivity contribution in [3.63, 3.8) is 0 Å². The molecule has 0 spiro atoms. The van der Waals surface area contributed by atoms with Gasteiger partial charge in [0, 0.05) is 18.5 Å². The van der Waals surface area contributed by atoms with Crippen LogP contribution in [0.5, 0.6) is 0 Å². The lowest BCUT2D eigenvalue weighted by molar-refractivity contribution is 0.0937. The van der Waals surface area contributed by atoms with Crippen LogP contribution in [0.1, 0.15) is 49.1 Å². The summed E-state index contributed by atoms with van der Waals surface area (Å²) >= 11 is 0. The summed E-state index contributed by atoms with van der Waals surface area (Å²) < 4.78 is 5.00. The molecular formula is C11H18N4O2. The maximum atomic E-state index is 11.6. The van der Waals surface area contributed by atoms with Crippen molar-refractivity contribution in [3.05, 3.63) is 11.7 Å². The topological polar surface area (TPSA) is 94.0 Å². The number of nitrogens with one attached hydrogen (secondary N) is 1. The van der Waals surface area contributed by atoms with Crippen LogP contribution >= 0.6 is 0 Å². The summed E-state index contributed by atoms with van der Waals surface area (Å²) in [5.41, 5.74) is 5.86. The lowest BCUT2D eigenvalue weighted by Crippen LogP contribution is -2.26. The second kappa shape index (κ2) is 5.27. The van der Waals surface area contributed by atoms with Gasteiger partial charge in [-0.3, -0.25) is 4.79 Å². The Kier molecular flexibility index (Phi) is 3.73. The fourth-order valence-corrected chi connectivity index (χ4v) is 1.60. The quantitative estimate of drug-likeness (QED) is 0.758. The summed E-state index contributed by atoms with van der Waals surface area (Å²) in [5.74, 6) is 0.286. The van der Waals surface area contributed by atoms with Crippen LogP contribution in [0.15, 0.2) is 4.52 Å². The molecule has 0 bridgehead atoms. The SMILES string of the molecule is CCCC(N)Cc1nc(C(=O)NC2CC2)no1. The highest BCUT2D eigenvalue weighted by molar-refractivity contribution is 5.90. The Morgan fingerprint density at radius 1 is 1.65 bits per heavy atom. The minimum absolute atomic E-state index is 0.0137. The smallest absolute Gasteiger partial charge is 0.292 e. The summed E-state index contributed by atoms with van der Waals surface area (Å²) in [6.07, 6.45) is 4.53. The zero-order valence-electron chi connectivity index (χ0n) is 9.98. The van der Waals surface area contributed by atoms with Gasteiger partial charge in [0.25, 0.3) is 11.7 Å². The predicted molar refractivity (Wildman–Crippen MR) is 61.4 cm³/mol. The van der Waals surface area contributed by atoms with Gasteiger partial charge in [-0.25, -0.2) is 0 Å². The van der Waals surface area contributed by atoms with E-state index in [1.807, 2.05) is 0 Å². The van der Waals surface area contributed by atoms with Crippen LogP contribution < -0.4 is 11.1 Å². The average molecular weight is 238 g/mol. The fraction of sp³-hybridized carbons (Fsp3) is 0.727. The molecular weight excluding hydrogens is 220 g/mol. The van der Waals surface area contributed by atoms with Crippen molar-refractivity contribution in [2.24, 2.45) is 5.73 Å². The standard InChI is InChI=1S/C11H18N4O2/c1-2-3-7(12)6-9-14-10(15-17-9)11(16)13-8-4-5-8/h7-8H,2-6,12H2,1H3,(H,13,16). The number of hydrogen-bond donors (Lipinski definition) is 2. The van der Waals surface area contributed by atoms with Crippen molar-refractivity contribution in [1.29, 1.82) is 0 Å². The highest BCUT2D eigenvalue weighted by Crippen LogP contribution is 2.18. The van der Waals surface area contributed by atoms with Crippen LogP contribution in [0, 0.1) is 0 Å². The summed E-state index contributed by atoms with van der Waals surface area (Å²) in [6.45, 7) is 2.07. The molecule has 1 aliphatic rings. The zero-order chi connectivity index (χ0) is 12.3. The van der Waals surface area contributed by atoms with Gasteiger partial charge >= 0.3 is 0 Å². The molecule has 0 saturated heterocycles. The molecule has 2 rings (SSSR count). The molecule has 6 heteroatoms. The van der Waals surface area contributed by atoms with Gasteiger partial charge in [0.1, 0.15) is 0 Å². The van der Waals surface area contributed by atoms with Gasteiger partial charge in [-0.2, -0.15) is 4.98 Å². The van der Waals surface area contributed by atoms with Crippen LogP contribution in [-0.2, 0) is 6.42 Å². The molecule has 0 radical (unpaired) electrons. The molecule has 1 aromatic heterocycles. The first-order chi connectivity index (χ1) is 8.19. The Morgan fingerprint density at radius 3 is 3.06 bits per heavy atom. The van der Waals surface area contributed by atoms with E-state index >= 15 is 0 Å². The van der Waals surface area contributed by atoms with Gasteiger partial charge in [-0.1, -0.05) is 18.5 Å². The van der Waals surface area contributed by atoms with E-state index in [-0.39, 0.29) is 17.8 Å². The zero-order valence-corrected chi connectivity index (χ0v) is 9.98. The number of aromatic nitrogens is 2. The Hall–Kier alpha value is -1.43. The van der Waals surface area contributed by atoms with E-state index in [0.29, 0.717) is 18.4 Å². The first-order valence-electron chi connectivity index (χ1n) is 6.08. The number of rotatable bonds is 6. The molecule has 1 atom stereocenters. The summed E-state index contributed by atoms with van der Waals surface area (Å²) in [7, 11) is 0. The third kappa shape index (κ3) is 3.52. The normalized spacial score (nSPS) is 16.8. The second-order valence-corrected chi connectivity index (χ2v) is 4.51. The highest BCUT2D eigenvalue weighted by atomic mass is 16.5. The van der Waals surface area contributed by atoms with Crippen LogP contribution in [0.3, 0.4) is 0 Å². The molecule has 0 aliphatic heterocycles. The van der Waals surface area contributed by atoms with E-state index in [0.717, 1.165) is 25.7 Å². The van der Waals surface area contributed by atoms with Crippen molar-refractivity contribution >= 4 is 5.91 Å². The molecule has 1 fully saturated rings. The van der Waals surface area contributed by atoms with Crippen molar-refractivity contribution in [3.8, 4) is 0 Å². The predicted octanol–water partition coefficient (Wildman–Crippen LogP) is 0.632. The largest absolute Gasteiger partial charge is 0.346 e. The molecule has 3 N–H and O–H groups in total. The molecule has 94 valence electrons. The Bertz CT molecular complexity index is 387. The van der Waals surface area contributed by atoms with Crippen molar-refractivity contribution in [1.82, 2.24) is 15.5 Å². The first-order valence-corrected chi connectivity index (χ1v) is 6.08. The highest BCUT2D eigenvalue weighted by Gasteiger charge is 2.26. The first kappa shape index (κ1) is 12.0. The molecule has 1 saturated carbocycles. The van der Waals surface area contributed by atoms with E-state index in [1.54, 1.807) is 0 Å². The van der Waals surface area contributed by atoms with Crippen LogP contribution in [0.2, 0.25) is 0 Å². The molecule has 17 heavy (non-hydrogen) atoms. The third-order valence-corrected chi connectivity index (χ3v) is 2.68. The number of carbonyl (C=O) groups is 1. The van der Waals surface area contributed by atoms with Crippen LogP contribution in [0.25, 0.3) is 0 Å². The van der Waals surface area contributed by atoms with Gasteiger partial charge < -0.3 is 15.6 Å². The lowest BCUT2D eigenvalue weighted by Gasteiger charge is -2.05. The minimum atomic E-state index is -0.258. The molecule has 1 unspecified atom stereocenters. The van der Waals surface area contributed by atoms with Gasteiger partial charge in [0.2, 0.25) is 5.89 Å². The van der Waals surface area contributed by atoms with E-state index in [4.69, 9.17) is 10.3 Å². The van der Waals surface area contributed by atoms with E-state index < -0.39 is 0 Å². The Labute approximate surface area is 99.9 Å². The van der Waals surface area contributed by atoms with Gasteiger partial charge in [0.05, 0.1) is 0 Å². The lowest BCUT2D eigenvalue weighted by atomic mass is 10.1. The summed E-state index contributed by atoms with van der Waals surface area (Å²) in [5, 5.41) is 6.46. The number of nitrogens with two attached hydrogens (primary N) is 1. The molecule has 0 aromatic carbocycles. The maximum absolute atomic E-state index is 11.6. The van der Waals surface area contributed by atoms with Crippen molar-refractivity contribution < 1.29 is 9.32 Å². The third-order valence-electron chi connectivity index (χ3n) is 2.68. The Morgan fingerprint density at radius 2 is 2.41 bits per heavy atom. The van der Waals surface area contributed by atoms with Crippen molar-refractivity contribution in [2.45, 2.75) is 51.1 Å². The number of amides is 1. The van der Waals surface area contributed by atoms with Gasteiger partial charge in [-0.05, 0) is 19.3 Å². The Balaban J connectivity index is 1.88. The molecule has 1 aliphatic carbocycles. The van der Waals surface area contributed by atoms with Crippen LogP contribution in [-0.4, -0.2) is 28.1 Å². The van der Waals surface area contributed by atoms with Crippen molar-refractivity contribution in [2.75, 3.05) is 0 Å². The maximum Gasteiger partial charge on any atom is 0.292 e. The number of nitrogens with zero attached hydrogens (tertiary/aromatic N) is 2. The van der Waals surface area contributed by atoms with Gasteiger partial charge in [-0.15, -0.1) is 0 Å². The average Bonchev–Trinajstić information content (AvgIpc) is 2.96. The summed E-state index contributed by atoms with van der Waals surface area (Å²) in [6, 6.07) is 0.312. The van der Waals surface area contributed by atoms with Crippen LogP contribution in [0.4, 0.5) is 0 Å². The number of carbonyl (C=O) groups excluding carboxylic acids is 1. The van der Waals surface area contributed by atoms with E-state index in [9.17, 15) is 4.79 Å². The molecule has 1 aromatic rings. The van der Waals surface area contributed by atoms with Gasteiger partial charge in [0.15, 0.2) is 0 Å². The number of hydrogen-bond acceptors (Lipinski definition) is 5.